The fourth-order valence-electron chi connectivity index (χ4n) is 3.11. The molecule has 3 rings (SSSR count). The second kappa shape index (κ2) is 10.9. The van der Waals surface area contributed by atoms with Gasteiger partial charge in [0, 0.05) is 5.02 Å². The van der Waals surface area contributed by atoms with Crippen LogP contribution in [-0.4, -0.2) is 26.6 Å². The maximum atomic E-state index is 13.5. The number of nitrogens with one attached hydrogen (secondary N) is 1. The molecular formula is C24H20Cl2F3N3O3S. The third-order valence-corrected chi connectivity index (χ3v) is 7.42. The van der Waals surface area contributed by atoms with Crippen LogP contribution in [-0.2, 0) is 21.0 Å². The molecule has 0 heterocycles. The van der Waals surface area contributed by atoms with Gasteiger partial charge in [-0.1, -0.05) is 53.0 Å². The van der Waals surface area contributed by atoms with Gasteiger partial charge in [0.25, 0.3) is 15.9 Å². The van der Waals surface area contributed by atoms with Gasteiger partial charge in [0.1, 0.15) is 6.54 Å². The van der Waals surface area contributed by atoms with Gasteiger partial charge in [-0.25, -0.2) is 13.8 Å². The van der Waals surface area contributed by atoms with Crippen molar-refractivity contribution in [3.05, 3.63) is 93.5 Å². The number of hydrogen-bond donors (Lipinski definition) is 1. The van der Waals surface area contributed by atoms with Gasteiger partial charge in [-0.15, -0.1) is 0 Å². The Bertz CT molecular complexity index is 1390. The standard InChI is InChI=1S/C24H20Cl2F3N3O3S/c1-15-3-10-20(11-4-15)36(34,35)32(19-9-12-22(26)21(13-19)24(27,28)29)14-23(33)31-30-16(2)17-5-7-18(25)8-6-17/h3-13H,14H2,1-2H3,(H,31,33)/b30-16-. The highest BCUT2D eigenvalue weighted by Crippen LogP contribution is 2.38. The molecule has 0 aliphatic heterocycles. The summed E-state index contributed by atoms with van der Waals surface area (Å²) in [6.07, 6.45) is -4.84. The van der Waals surface area contributed by atoms with Crippen LogP contribution >= 0.6 is 23.2 Å². The molecule has 0 atom stereocenters. The minimum absolute atomic E-state index is 0.203. The Morgan fingerprint density at radius 2 is 1.61 bits per heavy atom. The first-order chi connectivity index (χ1) is 16.8. The highest BCUT2D eigenvalue weighted by Gasteiger charge is 2.35. The summed E-state index contributed by atoms with van der Waals surface area (Å²) in [5.74, 6) is -0.873. The number of halogens is 5. The first kappa shape index (κ1) is 27.5. The zero-order chi connectivity index (χ0) is 26.7. The first-order valence-corrected chi connectivity index (χ1v) is 12.5. The van der Waals surface area contributed by atoms with Gasteiger partial charge in [-0.3, -0.25) is 9.10 Å². The lowest BCUT2D eigenvalue weighted by Gasteiger charge is -2.25. The van der Waals surface area contributed by atoms with Gasteiger partial charge < -0.3 is 0 Å². The average molecular weight is 558 g/mol. The van der Waals surface area contributed by atoms with E-state index in [0.717, 1.165) is 17.7 Å². The molecule has 0 aliphatic rings. The molecule has 3 aromatic rings. The van der Waals surface area contributed by atoms with E-state index in [-0.39, 0.29) is 10.6 Å². The molecule has 12 heteroatoms. The predicted molar refractivity (Wildman–Crippen MR) is 134 cm³/mol. The van der Waals surface area contributed by atoms with Gasteiger partial charge in [-0.05, 0) is 61.9 Å². The molecule has 0 bridgehead atoms. The van der Waals surface area contributed by atoms with Crippen LogP contribution in [0.5, 0.6) is 0 Å². The SMILES string of the molecule is C/C(=N/NC(=O)CN(c1ccc(Cl)c(C(F)(F)F)c1)S(=O)(=O)c1ccc(C)cc1)c1ccc(Cl)cc1. The van der Waals surface area contributed by atoms with Gasteiger partial charge in [0.15, 0.2) is 0 Å². The van der Waals surface area contributed by atoms with Gasteiger partial charge >= 0.3 is 6.18 Å². The molecule has 0 aliphatic carbocycles. The average Bonchev–Trinajstić information content (AvgIpc) is 2.81. The molecule has 0 spiro atoms. The quantitative estimate of drug-likeness (QED) is 0.283. The van der Waals surface area contributed by atoms with E-state index in [4.69, 9.17) is 23.2 Å². The van der Waals surface area contributed by atoms with Crippen LogP contribution in [0.2, 0.25) is 10.0 Å². The summed E-state index contributed by atoms with van der Waals surface area (Å²) < 4.78 is 67.7. The molecule has 1 amide bonds. The van der Waals surface area contributed by atoms with Crippen LogP contribution in [0.3, 0.4) is 0 Å². The van der Waals surface area contributed by atoms with Gasteiger partial charge in [0.05, 0.1) is 26.9 Å². The molecule has 0 aromatic heterocycles. The molecule has 0 fully saturated rings. The second-order valence-corrected chi connectivity index (χ2v) is 10.4. The number of benzene rings is 3. The Hall–Kier alpha value is -3.08. The monoisotopic (exact) mass is 557 g/mol. The molecule has 190 valence electrons. The Kier molecular flexibility index (Phi) is 8.33. The van der Waals surface area contributed by atoms with Crippen LogP contribution < -0.4 is 9.73 Å². The Labute approximate surface area is 216 Å². The number of rotatable bonds is 7. The third-order valence-electron chi connectivity index (χ3n) is 5.05. The summed E-state index contributed by atoms with van der Waals surface area (Å²) in [6, 6.07) is 14.9. The predicted octanol–water partition coefficient (Wildman–Crippen LogP) is 6.06. The number of hydrogen-bond acceptors (Lipinski definition) is 4. The number of alkyl halides is 3. The lowest BCUT2D eigenvalue weighted by molar-refractivity contribution is -0.137. The third kappa shape index (κ3) is 6.57. The van der Waals surface area contributed by atoms with Crippen molar-refractivity contribution in [3.8, 4) is 0 Å². The summed E-state index contributed by atoms with van der Waals surface area (Å²) >= 11 is 11.6. The van der Waals surface area contributed by atoms with Crippen molar-refractivity contribution in [2.24, 2.45) is 5.10 Å². The van der Waals surface area contributed by atoms with Crippen molar-refractivity contribution < 1.29 is 26.4 Å². The van der Waals surface area contributed by atoms with Crippen molar-refractivity contribution in [1.82, 2.24) is 5.43 Å². The number of carbonyl (C=O) groups excluding carboxylic acids is 1. The van der Waals surface area contributed by atoms with E-state index in [2.05, 4.69) is 10.5 Å². The number of nitrogens with zero attached hydrogens (tertiary/aromatic N) is 2. The van der Waals surface area contributed by atoms with Gasteiger partial charge in [-0.2, -0.15) is 18.3 Å². The number of hydrazone groups is 1. The topological polar surface area (TPSA) is 78.8 Å². The van der Waals surface area contributed by atoms with E-state index in [1.165, 1.54) is 24.3 Å². The Morgan fingerprint density at radius 1 is 1.00 bits per heavy atom. The molecule has 1 N–H and O–H groups in total. The van der Waals surface area contributed by atoms with E-state index in [0.29, 0.717) is 26.7 Å². The Balaban J connectivity index is 1.97. The fourth-order valence-corrected chi connectivity index (χ4v) is 4.87. The largest absolute Gasteiger partial charge is 0.417 e. The van der Waals surface area contributed by atoms with Crippen molar-refractivity contribution >= 4 is 50.5 Å². The molecule has 3 aromatic carbocycles. The lowest BCUT2D eigenvalue weighted by atomic mass is 10.1. The zero-order valence-electron chi connectivity index (χ0n) is 19.0. The van der Waals surface area contributed by atoms with E-state index < -0.39 is 39.2 Å². The molecule has 0 unspecified atom stereocenters. The summed E-state index contributed by atoms with van der Waals surface area (Å²) in [5, 5.41) is 3.86. The van der Waals surface area contributed by atoms with Crippen molar-refractivity contribution in [2.75, 3.05) is 10.8 Å². The molecule has 0 radical (unpaired) electrons. The number of amides is 1. The minimum Gasteiger partial charge on any atom is -0.271 e. The van der Waals surface area contributed by atoms with Crippen LogP contribution in [0.25, 0.3) is 0 Å². The van der Waals surface area contributed by atoms with Crippen LogP contribution in [0.1, 0.15) is 23.6 Å². The smallest absolute Gasteiger partial charge is 0.271 e. The highest BCUT2D eigenvalue weighted by molar-refractivity contribution is 7.92. The second-order valence-electron chi connectivity index (χ2n) is 7.73. The number of sulfonamides is 1. The summed E-state index contributed by atoms with van der Waals surface area (Å²) in [7, 11) is -4.44. The minimum atomic E-state index is -4.84. The number of carbonyl (C=O) groups is 1. The normalized spacial score (nSPS) is 12.4. The van der Waals surface area contributed by atoms with Crippen molar-refractivity contribution in [1.29, 1.82) is 0 Å². The van der Waals surface area contributed by atoms with Gasteiger partial charge in [0.2, 0.25) is 0 Å². The van der Waals surface area contributed by atoms with E-state index >= 15 is 0 Å². The van der Waals surface area contributed by atoms with Crippen molar-refractivity contribution in [2.45, 2.75) is 24.9 Å². The Morgan fingerprint density at radius 3 is 2.19 bits per heavy atom. The number of anilines is 1. The summed E-state index contributed by atoms with van der Waals surface area (Å²) in [6.45, 7) is 2.52. The maximum absolute atomic E-state index is 13.5. The maximum Gasteiger partial charge on any atom is 0.417 e. The zero-order valence-corrected chi connectivity index (χ0v) is 21.3. The number of aryl methyl sites for hydroxylation is 1. The molecular weight excluding hydrogens is 538 g/mol. The van der Waals surface area contributed by atoms with Crippen molar-refractivity contribution in [3.63, 3.8) is 0 Å². The van der Waals surface area contributed by atoms with E-state index in [9.17, 15) is 26.4 Å². The van der Waals surface area contributed by atoms with E-state index in [1.807, 2.05) is 0 Å². The van der Waals surface area contributed by atoms with Crippen LogP contribution in [0, 0.1) is 6.92 Å². The summed E-state index contributed by atoms with van der Waals surface area (Å²) in [4.78, 5) is 12.5. The lowest BCUT2D eigenvalue weighted by Crippen LogP contribution is -2.40. The summed E-state index contributed by atoms with van der Waals surface area (Å²) in [5.41, 5.74) is 2.45. The molecule has 0 saturated heterocycles. The van der Waals surface area contributed by atoms with Crippen LogP contribution in [0.15, 0.2) is 76.7 Å². The first-order valence-electron chi connectivity index (χ1n) is 10.3. The fraction of sp³-hybridized carbons (Fsp3) is 0.167. The van der Waals surface area contributed by atoms with E-state index in [1.54, 1.807) is 38.1 Å². The molecule has 0 saturated carbocycles. The highest BCUT2D eigenvalue weighted by atomic mass is 35.5. The van der Waals surface area contributed by atoms with Crippen LogP contribution in [0.4, 0.5) is 18.9 Å². The molecule has 6 nitrogen and oxygen atoms in total. The molecule has 36 heavy (non-hydrogen) atoms.